The Hall–Kier alpha value is -1.66. The molecule has 128 valence electrons. The van der Waals surface area contributed by atoms with Gasteiger partial charge in [0.2, 0.25) is 0 Å². The zero-order valence-electron chi connectivity index (χ0n) is 13.8. The van der Waals surface area contributed by atoms with Crippen molar-refractivity contribution >= 4 is 17.2 Å². The van der Waals surface area contributed by atoms with E-state index in [1.165, 1.54) is 23.3 Å². The van der Waals surface area contributed by atoms with E-state index in [0.29, 0.717) is 19.7 Å². The maximum Gasteiger partial charge on any atom is 0.264 e. The SMILES string of the molecule is O=C(c1cc2c(s1)CCCC2)N1CCCO[C@H](Cn2cccn2)C1. The Balaban J connectivity index is 1.47. The van der Waals surface area contributed by atoms with Crippen LogP contribution >= 0.6 is 11.3 Å². The Morgan fingerprint density at radius 3 is 3.08 bits per heavy atom. The van der Waals surface area contributed by atoms with E-state index in [0.717, 1.165) is 30.7 Å². The molecule has 0 N–H and O–H groups in total. The average molecular weight is 345 g/mol. The summed E-state index contributed by atoms with van der Waals surface area (Å²) in [6.07, 6.45) is 9.38. The first-order valence-electron chi connectivity index (χ1n) is 8.79. The molecule has 0 aromatic carbocycles. The van der Waals surface area contributed by atoms with Crippen molar-refractivity contribution in [1.82, 2.24) is 14.7 Å². The number of thiophene rings is 1. The van der Waals surface area contributed by atoms with E-state index in [9.17, 15) is 4.79 Å². The van der Waals surface area contributed by atoms with E-state index in [4.69, 9.17) is 4.74 Å². The second kappa shape index (κ2) is 7.07. The summed E-state index contributed by atoms with van der Waals surface area (Å²) in [5, 5.41) is 4.25. The number of fused-ring (bicyclic) bond motifs is 1. The molecule has 0 unspecified atom stereocenters. The van der Waals surface area contributed by atoms with Crippen LogP contribution in [0.25, 0.3) is 0 Å². The molecule has 24 heavy (non-hydrogen) atoms. The van der Waals surface area contributed by atoms with Crippen LogP contribution in [0.4, 0.5) is 0 Å². The highest BCUT2D eigenvalue weighted by molar-refractivity contribution is 7.14. The monoisotopic (exact) mass is 345 g/mol. The molecule has 4 rings (SSSR count). The number of amides is 1. The molecular weight excluding hydrogens is 322 g/mol. The summed E-state index contributed by atoms with van der Waals surface area (Å²) >= 11 is 1.70. The Morgan fingerprint density at radius 1 is 1.33 bits per heavy atom. The largest absolute Gasteiger partial charge is 0.374 e. The summed E-state index contributed by atoms with van der Waals surface area (Å²) in [7, 11) is 0. The maximum absolute atomic E-state index is 13.0. The first kappa shape index (κ1) is 15.8. The molecule has 0 bridgehead atoms. The van der Waals surface area contributed by atoms with Crippen LogP contribution in [0.1, 0.15) is 39.4 Å². The fraction of sp³-hybridized carbons (Fsp3) is 0.556. The quantitative estimate of drug-likeness (QED) is 0.859. The number of hydrogen-bond donors (Lipinski definition) is 0. The van der Waals surface area contributed by atoms with Crippen molar-refractivity contribution in [3.63, 3.8) is 0 Å². The molecule has 1 aliphatic carbocycles. The molecule has 2 aliphatic rings. The van der Waals surface area contributed by atoms with Gasteiger partial charge in [0.25, 0.3) is 5.91 Å². The van der Waals surface area contributed by atoms with Crippen LogP contribution in [-0.2, 0) is 24.1 Å². The number of aromatic nitrogens is 2. The van der Waals surface area contributed by atoms with Gasteiger partial charge < -0.3 is 9.64 Å². The lowest BCUT2D eigenvalue weighted by Gasteiger charge is -2.23. The van der Waals surface area contributed by atoms with Gasteiger partial charge in [-0.1, -0.05) is 0 Å². The van der Waals surface area contributed by atoms with Crippen molar-refractivity contribution in [2.24, 2.45) is 0 Å². The van der Waals surface area contributed by atoms with Crippen molar-refractivity contribution in [3.8, 4) is 0 Å². The number of ether oxygens (including phenoxy) is 1. The highest BCUT2D eigenvalue weighted by Crippen LogP contribution is 2.30. The van der Waals surface area contributed by atoms with Crippen molar-refractivity contribution in [1.29, 1.82) is 0 Å². The standard InChI is InChI=1S/C18H23N3O2S/c22-18(17-11-14-5-1-2-6-16(14)24-17)20-8-4-10-23-15(12-20)13-21-9-3-7-19-21/h3,7,9,11,15H,1-2,4-6,8,10,12-13H2/t15-/m0/s1. The second-order valence-corrected chi connectivity index (χ2v) is 7.73. The van der Waals surface area contributed by atoms with Gasteiger partial charge in [-0.05, 0) is 49.8 Å². The van der Waals surface area contributed by atoms with E-state index in [2.05, 4.69) is 11.2 Å². The van der Waals surface area contributed by atoms with Gasteiger partial charge in [0.15, 0.2) is 0 Å². The summed E-state index contributed by atoms with van der Waals surface area (Å²) in [4.78, 5) is 17.3. The third-order valence-electron chi connectivity index (χ3n) is 4.79. The van der Waals surface area contributed by atoms with Crippen molar-refractivity contribution in [2.75, 3.05) is 19.7 Å². The third-order valence-corrected chi connectivity index (χ3v) is 6.02. The fourth-order valence-corrected chi connectivity index (χ4v) is 4.78. The Morgan fingerprint density at radius 2 is 2.25 bits per heavy atom. The number of carbonyl (C=O) groups is 1. The van der Waals surface area contributed by atoms with Crippen molar-refractivity contribution < 1.29 is 9.53 Å². The molecule has 1 amide bonds. The average Bonchev–Trinajstić information content (AvgIpc) is 3.20. The van der Waals surface area contributed by atoms with E-state index in [1.807, 2.05) is 21.8 Å². The lowest BCUT2D eigenvalue weighted by Crippen LogP contribution is -2.38. The lowest BCUT2D eigenvalue weighted by molar-refractivity contribution is 0.0368. The highest BCUT2D eigenvalue weighted by Gasteiger charge is 2.26. The molecule has 2 aromatic heterocycles. The predicted molar refractivity (Wildman–Crippen MR) is 93.4 cm³/mol. The van der Waals surface area contributed by atoms with Crippen LogP contribution in [0.5, 0.6) is 0 Å². The molecule has 3 heterocycles. The van der Waals surface area contributed by atoms with Gasteiger partial charge in [-0.25, -0.2) is 0 Å². The molecule has 0 spiro atoms. The minimum absolute atomic E-state index is 0.00550. The Bertz CT molecular complexity index is 672. The number of nitrogens with zero attached hydrogens (tertiary/aromatic N) is 3. The van der Waals surface area contributed by atoms with E-state index in [1.54, 1.807) is 17.5 Å². The fourth-order valence-electron chi connectivity index (χ4n) is 3.56. The molecular formula is C18H23N3O2S. The van der Waals surface area contributed by atoms with E-state index in [-0.39, 0.29) is 12.0 Å². The van der Waals surface area contributed by atoms with Gasteiger partial charge in [-0.15, -0.1) is 11.3 Å². The topological polar surface area (TPSA) is 47.4 Å². The number of hydrogen-bond acceptors (Lipinski definition) is 4. The smallest absolute Gasteiger partial charge is 0.264 e. The minimum Gasteiger partial charge on any atom is -0.374 e. The van der Waals surface area contributed by atoms with Crippen LogP contribution < -0.4 is 0 Å². The van der Waals surface area contributed by atoms with Crippen LogP contribution in [0, 0.1) is 0 Å². The summed E-state index contributed by atoms with van der Waals surface area (Å²) in [5.41, 5.74) is 1.40. The minimum atomic E-state index is 0.00550. The van der Waals surface area contributed by atoms with Crippen LogP contribution in [0.3, 0.4) is 0 Å². The highest BCUT2D eigenvalue weighted by atomic mass is 32.1. The van der Waals surface area contributed by atoms with Crippen LogP contribution in [0.2, 0.25) is 0 Å². The van der Waals surface area contributed by atoms with Gasteiger partial charge in [0.05, 0.1) is 17.5 Å². The van der Waals surface area contributed by atoms with Crippen molar-refractivity contribution in [2.45, 2.75) is 44.8 Å². The van der Waals surface area contributed by atoms with Crippen molar-refractivity contribution in [3.05, 3.63) is 39.8 Å². The first-order chi connectivity index (χ1) is 11.8. The lowest BCUT2D eigenvalue weighted by atomic mass is 9.99. The summed E-state index contributed by atoms with van der Waals surface area (Å²) in [5.74, 6) is 0.172. The first-order valence-corrected chi connectivity index (χ1v) is 9.61. The van der Waals surface area contributed by atoms with Crippen LogP contribution in [0.15, 0.2) is 24.5 Å². The summed E-state index contributed by atoms with van der Waals surface area (Å²) in [6.45, 7) is 2.81. The molecule has 1 saturated heterocycles. The molecule has 6 heteroatoms. The van der Waals surface area contributed by atoms with Crippen LogP contribution in [-0.4, -0.2) is 46.4 Å². The molecule has 5 nitrogen and oxygen atoms in total. The predicted octanol–water partition coefficient (Wildman–Crippen LogP) is 2.75. The van der Waals surface area contributed by atoms with Gasteiger partial charge in [0, 0.05) is 37.0 Å². The zero-order valence-corrected chi connectivity index (χ0v) is 14.6. The van der Waals surface area contributed by atoms with Gasteiger partial charge in [-0.2, -0.15) is 5.10 Å². The summed E-state index contributed by atoms with van der Waals surface area (Å²) < 4.78 is 7.80. The zero-order chi connectivity index (χ0) is 16.4. The van der Waals surface area contributed by atoms with Gasteiger partial charge in [-0.3, -0.25) is 9.48 Å². The number of rotatable bonds is 3. The molecule has 0 saturated carbocycles. The molecule has 1 fully saturated rings. The third kappa shape index (κ3) is 3.39. The number of aryl methyl sites for hydroxylation is 2. The summed E-state index contributed by atoms with van der Waals surface area (Å²) in [6, 6.07) is 4.05. The van der Waals surface area contributed by atoms with Gasteiger partial charge >= 0.3 is 0 Å². The molecule has 1 aliphatic heterocycles. The number of carbonyl (C=O) groups excluding carboxylic acids is 1. The normalized spacial score (nSPS) is 21.3. The molecule has 1 atom stereocenters. The molecule has 0 radical (unpaired) electrons. The Labute approximate surface area is 146 Å². The van der Waals surface area contributed by atoms with Gasteiger partial charge in [0.1, 0.15) is 0 Å². The van der Waals surface area contributed by atoms with E-state index < -0.39 is 0 Å². The maximum atomic E-state index is 13.0. The second-order valence-electron chi connectivity index (χ2n) is 6.59. The van der Waals surface area contributed by atoms with E-state index >= 15 is 0 Å². The Kier molecular flexibility index (Phi) is 4.67. The molecule has 2 aromatic rings.